The van der Waals surface area contributed by atoms with Crippen LogP contribution in [0.3, 0.4) is 0 Å². The van der Waals surface area contributed by atoms with Gasteiger partial charge in [-0.15, -0.1) is 11.3 Å². The molecule has 0 unspecified atom stereocenters. The third kappa shape index (κ3) is 4.18. The topological polar surface area (TPSA) is 57.2 Å². The minimum absolute atomic E-state index is 0.0877. The van der Waals surface area contributed by atoms with Crippen molar-refractivity contribution >= 4 is 29.5 Å². The second kappa shape index (κ2) is 8.16. The zero-order valence-corrected chi connectivity index (χ0v) is 16.5. The van der Waals surface area contributed by atoms with E-state index < -0.39 is 0 Å². The largest absolute Gasteiger partial charge is 0.339 e. The van der Waals surface area contributed by atoms with E-state index in [2.05, 4.69) is 39.4 Å². The van der Waals surface area contributed by atoms with Crippen LogP contribution in [0.4, 0.5) is 0 Å². The van der Waals surface area contributed by atoms with Crippen LogP contribution in [0.15, 0.2) is 47.8 Å². The van der Waals surface area contributed by atoms with Gasteiger partial charge in [-0.25, -0.2) is 0 Å². The number of hydrogen-bond donors (Lipinski definition) is 1. The molecule has 140 valence electrons. The highest BCUT2D eigenvalue weighted by Crippen LogP contribution is 2.23. The molecule has 0 aliphatic carbocycles. The molecule has 1 N–H and O–H groups in total. The first-order valence-corrected chi connectivity index (χ1v) is 10.2. The summed E-state index contributed by atoms with van der Waals surface area (Å²) in [5, 5.41) is 9.10. The van der Waals surface area contributed by atoms with E-state index in [0.717, 1.165) is 43.4 Å². The number of nitrogens with zero attached hydrogens (tertiary/aromatic N) is 4. The predicted molar refractivity (Wildman–Crippen MR) is 109 cm³/mol. The predicted octanol–water partition coefficient (Wildman–Crippen LogP) is 3.01. The van der Waals surface area contributed by atoms with Crippen LogP contribution in [-0.4, -0.2) is 56.7 Å². The molecule has 1 aromatic carbocycles. The Hall–Kier alpha value is -2.29. The number of carbonyl (C=O) groups excluding carboxylic acids is 1. The van der Waals surface area contributed by atoms with Crippen molar-refractivity contribution in [2.75, 3.05) is 26.2 Å². The SMILES string of the molecule is O=C(Cn1c(-c2cccs2)n[nH]c1=S)N1CCN(Cc2ccccc2)CC1. The number of aromatic nitrogens is 3. The number of piperazine rings is 1. The van der Waals surface area contributed by atoms with Gasteiger partial charge in [-0.05, 0) is 29.2 Å². The number of aromatic amines is 1. The lowest BCUT2D eigenvalue weighted by Crippen LogP contribution is -2.49. The Morgan fingerprint density at radius 3 is 2.59 bits per heavy atom. The van der Waals surface area contributed by atoms with Crippen LogP contribution in [0.5, 0.6) is 0 Å². The molecule has 0 atom stereocenters. The summed E-state index contributed by atoms with van der Waals surface area (Å²) in [5.74, 6) is 0.815. The van der Waals surface area contributed by atoms with Crippen molar-refractivity contribution in [3.63, 3.8) is 0 Å². The van der Waals surface area contributed by atoms with Gasteiger partial charge in [-0.1, -0.05) is 36.4 Å². The number of carbonyl (C=O) groups is 1. The van der Waals surface area contributed by atoms with Crippen LogP contribution in [-0.2, 0) is 17.9 Å². The molecule has 27 heavy (non-hydrogen) atoms. The second-order valence-corrected chi connectivity index (χ2v) is 7.89. The lowest BCUT2D eigenvalue weighted by Gasteiger charge is -2.34. The molecule has 1 amide bonds. The minimum atomic E-state index is 0.0877. The second-order valence-electron chi connectivity index (χ2n) is 6.56. The normalized spacial score (nSPS) is 15.2. The van der Waals surface area contributed by atoms with Gasteiger partial charge in [0, 0.05) is 32.7 Å². The van der Waals surface area contributed by atoms with Gasteiger partial charge in [0.05, 0.1) is 4.88 Å². The smallest absolute Gasteiger partial charge is 0.242 e. The summed E-state index contributed by atoms with van der Waals surface area (Å²) >= 11 is 6.91. The third-order valence-corrected chi connectivity index (χ3v) is 5.94. The molecule has 3 aromatic rings. The lowest BCUT2D eigenvalue weighted by molar-refractivity contribution is -0.133. The van der Waals surface area contributed by atoms with E-state index in [1.165, 1.54) is 5.56 Å². The molecule has 8 heteroatoms. The first-order chi connectivity index (χ1) is 13.2. The summed E-state index contributed by atoms with van der Waals surface area (Å²) < 4.78 is 2.27. The van der Waals surface area contributed by atoms with E-state index in [0.29, 0.717) is 4.77 Å². The average molecular weight is 400 g/mol. The molecule has 4 rings (SSSR count). The molecule has 0 saturated carbocycles. The zero-order chi connectivity index (χ0) is 18.6. The molecule has 2 aromatic heterocycles. The van der Waals surface area contributed by atoms with E-state index in [1.807, 2.05) is 28.5 Å². The van der Waals surface area contributed by atoms with Gasteiger partial charge < -0.3 is 4.90 Å². The summed E-state index contributed by atoms with van der Waals surface area (Å²) in [6, 6.07) is 14.4. The maximum Gasteiger partial charge on any atom is 0.242 e. The third-order valence-electron chi connectivity index (χ3n) is 4.77. The Kier molecular flexibility index (Phi) is 5.47. The number of rotatable bonds is 5. The number of nitrogens with one attached hydrogen (secondary N) is 1. The van der Waals surface area contributed by atoms with E-state index >= 15 is 0 Å². The van der Waals surface area contributed by atoms with Gasteiger partial charge in [0.15, 0.2) is 10.6 Å². The summed E-state index contributed by atoms with van der Waals surface area (Å²) in [5.41, 5.74) is 1.31. The zero-order valence-electron chi connectivity index (χ0n) is 14.9. The molecule has 0 spiro atoms. The van der Waals surface area contributed by atoms with Gasteiger partial charge in [-0.2, -0.15) is 5.10 Å². The van der Waals surface area contributed by atoms with E-state index in [9.17, 15) is 4.79 Å². The van der Waals surface area contributed by atoms with Crippen LogP contribution >= 0.6 is 23.6 Å². The van der Waals surface area contributed by atoms with Crippen LogP contribution in [0.1, 0.15) is 5.56 Å². The molecular formula is C19H21N5OS2. The Morgan fingerprint density at radius 1 is 1.11 bits per heavy atom. The van der Waals surface area contributed by atoms with Gasteiger partial charge in [-0.3, -0.25) is 19.4 Å². The number of benzene rings is 1. The quantitative estimate of drug-likeness (QED) is 0.670. The van der Waals surface area contributed by atoms with Crippen molar-refractivity contribution < 1.29 is 4.79 Å². The van der Waals surface area contributed by atoms with Crippen molar-refractivity contribution in [3.8, 4) is 10.7 Å². The van der Waals surface area contributed by atoms with E-state index in [-0.39, 0.29) is 12.5 Å². The number of amides is 1. The van der Waals surface area contributed by atoms with Crippen molar-refractivity contribution in [3.05, 3.63) is 58.2 Å². The molecule has 6 nitrogen and oxygen atoms in total. The lowest BCUT2D eigenvalue weighted by atomic mass is 10.2. The fourth-order valence-electron chi connectivity index (χ4n) is 3.29. The van der Waals surface area contributed by atoms with Crippen molar-refractivity contribution in [1.29, 1.82) is 0 Å². The Bertz CT molecular complexity index is 940. The van der Waals surface area contributed by atoms with Crippen LogP contribution in [0, 0.1) is 4.77 Å². The maximum atomic E-state index is 12.8. The summed E-state index contributed by atoms with van der Waals surface area (Å²) in [6.45, 7) is 4.40. The monoisotopic (exact) mass is 399 g/mol. The number of hydrogen-bond acceptors (Lipinski definition) is 5. The van der Waals surface area contributed by atoms with E-state index in [4.69, 9.17) is 12.2 Å². The first-order valence-electron chi connectivity index (χ1n) is 8.94. The number of thiophene rings is 1. The average Bonchev–Trinajstić information content (AvgIpc) is 3.34. The number of H-pyrrole nitrogens is 1. The van der Waals surface area contributed by atoms with Crippen molar-refractivity contribution in [2.24, 2.45) is 0 Å². The summed E-state index contributed by atoms with van der Waals surface area (Å²) in [4.78, 5) is 18.1. The van der Waals surface area contributed by atoms with Crippen LogP contribution in [0.2, 0.25) is 0 Å². The molecule has 1 saturated heterocycles. The van der Waals surface area contributed by atoms with Crippen molar-refractivity contribution in [1.82, 2.24) is 24.6 Å². The Labute approximate surface area is 167 Å². The molecule has 0 radical (unpaired) electrons. The van der Waals surface area contributed by atoms with Gasteiger partial charge in [0.2, 0.25) is 5.91 Å². The van der Waals surface area contributed by atoms with Crippen LogP contribution in [0.25, 0.3) is 10.7 Å². The standard InChI is InChI=1S/C19H21N5OS2/c25-17(14-24-18(20-21-19(24)26)16-7-4-12-27-16)23-10-8-22(9-11-23)13-15-5-2-1-3-6-15/h1-7,12H,8-11,13-14H2,(H,21,26). The molecule has 0 bridgehead atoms. The van der Waals surface area contributed by atoms with Crippen LogP contribution < -0.4 is 0 Å². The fraction of sp³-hybridized carbons (Fsp3) is 0.316. The Morgan fingerprint density at radius 2 is 1.89 bits per heavy atom. The minimum Gasteiger partial charge on any atom is -0.339 e. The molecular weight excluding hydrogens is 378 g/mol. The van der Waals surface area contributed by atoms with Gasteiger partial charge in [0.25, 0.3) is 0 Å². The summed E-state index contributed by atoms with van der Waals surface area (Å²) in [7, 11) is 0. The highest BCUT2D eigenvalue weighted by molar-refractivity contribution is 7.71. The maximum absolute atomic E-state index is 12.8. The highest BCUT2D eigenvalue weighted by Gasteiger charge is 2.22. The molecule has 1 aliphatic heterocycles. The highest BCUT2D eigenvalue weighted by atomic mass is 32.1. The van der Waals surface area contributed by atoms with Gasteiger partial charge >= 0.3 is 0 Å². The van der Waals surface area contributed by atoms with Gasteiger partial charge in [0.1, 0.15) is 6.54 Å². The summed E-state index contributed by atoms with van der Waals surface area (Å²) in [6.07, 6.45) is 0. The van der Waals surface area contributed by atoms with E-state index in [1.54, 1.807) is 15.9 Å². The Balaban J connectivity index is 1.37. The van der Waals surface area contributed by atoms with Crippen molar-refractivity contribution in [2.45, 2.75) is 13.1 Å². The first kappa shape index (κ1) is 18.1. The fourth-order valence-corrected chi connectivity index (χ4v) is 4.21. The molecule has 3 heterocycles. The molecule has 1 aliphatic rings. The molecule has 1 fully saturated rings.